The second-order valence-corrected chi connectivity index (χ2v) is 5.86. The lowest BCUT2D eigenvalue weighted by molar-refractivity contribution is 0.196. The van der Waals surface area contributed by atoms with Crippen molar-refractivity contribution in [1.82, 2.24) is 10.3 Å². The molecule has 0 fully saturated rings. The van der Waals surface area contributed by atoms with Gasteiger partial charge in [0.15, 0.2) is 6.19 Å². The summed E-state index contributed by atoms with van der Waals surface area (Å²) in [6, 6.07) is 3.70. The number of nitrogens with zero attached hydrogens (tertiary/aromatic N) is 3. The third-order valence-electron chi connectivity index (χ3n) is 4.03. The van der Waals surface area contributed by atoms with Gasteiger partial charge in [-0.05, 0) is 37.8 Å². The first-order valence-corrected chi connectivity index (χ1v) is 6.74. The summed E-state index contributed by atoms with van der Waals surface area (Å²) < 4.78 is 0. The molecule has 108 valence electrons. The summed E-state index contributed by atoms with van der Waals surface area (Å²) in [5.41, 5.74) is 0.501. The van der Waals surface area contributed by atoms with Crippen LogP contribution in [0.1, 0.15) is 41.0 Å². The quantitative estimate of drug-likeness (QED) is 0.382. The normalized spacial score (nSPS) is 12.7. The van der Waals surface area contributed by atoms with Gasteiger partial charge in [-0.2, -0.15) is 5.26 Å². The number of pyridine rings is 1. The molecule has 0 unspecified atom stereocenters. The zero-order valence-corrected chi connectivity index (χ0v) is 12.9. The van der Waals surface area contributed by atoms with Gasteiger partial charge in [0.2, 0.25) is 5.96 Å². The topological polar surface area (TPSA) is 73.1 Å². The Bertz CT molecular complexity index is 497. The molecule has 0 amide bonds. The minimum Gasteiger partial charge on any atom is -0.324 e. The van der Waals surface area contributed by atoms with Gasteiger partial charge < -0.3 is 5.32 Å². The van der Waals surface area contributed by atoms with Crippen molar-refractivity contribution < 1.29 is 0 Å². The average Bonchev–Trinajstić information content (AvgIpc) is 2.39. The van der Waals surface area contributed by atoms with Crippen LogP contribution in [0.15, 0.2) is 29.5 Å². The number of nitriles is 1. The van der Waals surface area contributed by atoms with Gasteiger partial charge in [0.1, 0.15) is 0 Å². The van der Waals surface area contributed by atoms with Crippen molar-refractivity contribution in [3.63, 3.8) is 0 Å². The van der Waals surface area contributed by atoms with Crippen molar-refractivity contribution >= 4 is 11.6 Å². The summed E-state index contributed by atoms with van der Waals surface area (Å²) in [6.07, 6.45) is 6.30. The molecule has 1 aromatic heterocycles. The summed E-state index contributed by atoms with van der Waals surface area (Å²) >= 11 is 0. The molecule has 0 aliphatic heterocycles. The predicted octanol–water partition coefficient (Wildman–Crippen LogP) is 3.13. The van der Waals surface area contributed by atoms with E-state index in [4.69, 9.17) is 5.26 Å². The lowest BCUT2D eigenvalue weighted by Crippen LogP contribution is -2.40. The maximum Gasteiger partial charge on any atom is 0.209 e. The first-order valence-electron chi connectivity index (χ1n) is 6.74. The Labute approximate surface area is 121 Å². The van der Waals surface area contributed by atoms with Crippen LogP contribution >= 0.6 is 0 Å². The monoisotopic (exact) mass is 273 g/mol. The molecule has 0 atom stereocenters. The van der Waals surface area contributed by atoms with Crippen molar-refractivity contribution in [3.8, 4) is 6.19 Å². The zero-order chi connectivity index (χ0) is 15.2. The van der Waals surface area contributed by atoms with Crippen LogP contribution in [-0.2, 0) is 0 Å². The predicted molar refractivity (Wildman–Crippen MR) is 82.2 cm³/mol. The Hall–Kier alpha value is -2.09. The summed E-state index contributed by atoms with van der Waals surface area (Å²) in [6.45, 7) is 10.6. The molecule has 0 bridgehead atoms. The molecule has 0 spiro atoms. The van der Waals surface area contributed by atoms with Gasteiger partial charge >= 0.3 is 0 Å². The van der Waals surface area contributed by atoms with Gasteiger partial charge in [0.25, 0.3) is 0 Å². The lowest BCUT2D eigenvalue weighted by atomic mass is 9.73. The van der Waals surface area contributed by atoms with Gasteiger partial charge in [-0.15, -0.1) is 0 Å². The minimum absolute atomic E-state index is 0.0198. The summed E-state index contributed by atoms with van der Waals surface area (Å²) in [5, 5.41) is 14.6. The van der Waals surface area contributed by atoms with E-state index in [1.807, 2.05) is 18.3 Å². The van der Waals surface area contributed by atoms with Crippen LogP contribution < -0.4 is 10.6 Å². The molecule has 20 heavy (non-hydrogen) atoms. The number of anilines is 1. The number of hydrogen-bond donors (Lipinski definition) is 2. The molecule has 1 heterocycles. The molecule has 5 nitrogen and oxygen atoms in total. The van der Waals surface area contributed by atoms with Gasteiger partial charge in [-0.3, -0.25) is 10.3 Å². The number of hydrogen-bond acceptors (Lipinski definition) is 3. The Morgan fingerprint density at radius 1 is 1.40 bits per heavy atom. The molecule has 0 aliphatic rings. The van der Waals surface area contributed by atoms with Crippen LogP contribution in [0.5, 0.6) is 0 Å². The lowest BCUT2D eigenvalue weighted by Gasteiger charge is -2.38. The van der Waals surface area contributed by atoms with Gasteiger partial charge in [-0.25, -0.2) is 4.99 Å². The van der Waals surface area contributed by atoms with Crippen LogP contribution in [0.2, 0.25) is 0 Å². The fraction of sp³-hybridized carbons (Fsp3) is 0.533. The highest BCUT2D eigenvalue weighted by Gasteiger charge is 2.35. The van der Waals surface area contributed by atoms with E-state index in [9.17, 15) is 0 Å². The molecule has 1 aromatic rings. The Kier molecular flexibility index (Phi) is 5.09. The first-order chi connectivity index (χ1) is 9.32. The summed E-state index contributed by atoms with van der Waals surface area (Å²) in [5.74, 6) is 0.437. The van der Waals surface area contributed by atoms with Gasteiger partial charge in [0.05, 0.1) is 17.4 Å². The zero-order valence-electron chi connectivity index (χ0n) is 12.9. The van der Waals surface area contributed by atoms with Crippen LogP contribution in [0.25, 0.3) is 0 Å². The van der Waals surface area contributed by atoms with E-state index in [0.717, 1.165) is 12.1 Å². The van der Waals surface area contributed by atoms with E-state index >= 15 is 0 Å². The molecule has 0 aliphatic carbocycles. The van der Waals surface area contributed by atoms with Crippen LogP contribution in [0.4, 0.5) is 5.69 Å². The van der Waals surface area contributed by atoms with Crippen LogP contribution in [0, 0.1) is 16.9 Å². The Morgan fingerprint density at radius 2 is 2.10 bits per heavy atom. The molecule has 2 N–H and O–H groups in total. The smallest absolute Gasteiger partial charge is 0.209 e. The van der Waals surface area contributed by atoms with Crippen molar-refractivity contribution in [3.05, 3.63) is 24.5 Å². The SMILES string of the molecule is CCC(C)(C)C(C)(C)N=C(NC#N)Nc1cccnc1. The highest BCUT2D eigenvalue weighted by Crippen LogP contribution is 2.36. The number of rotatable bonds is 4. The molecule has 1 rings (SSSR count). The maximum atomic E-state index is 8.87. The molecular formula is C15H23N5. The highest BCUT2D eigenvalue weighted by atomic mass is 15.2. The fourth-order valence-corrected chi connectivity index (χ4v) is 1.58. The van der Waals surface area contributed by atoms with E-state index in [1.54, 1.807) is 12.4 Å². The highest BCUT2D eigenvalue weighted by molar-refractivity contribution is 5.94. The fourth-order valence-electron chi connectivity index (χ4n) is 1.58. The maximum absolute atomic E-state index is 8.87. The standard InChI is InChI=1S/C15H23N5/c1-6-14(2,3)15(4,5)20-13(18-11-16)19-12-8-7-9-17-10-12/h7-10H,6H2,1-5H3,(H2,18,19,20). The largest absolute Gasteiger partial charge is 0.324 e. The molecule has 0 saturated heterocycles. The number of nitrogens with one attached hydrogen (secondary N) is 2. The summed E-state index contributed by atoms with van der Waals surface area (Å²) in [4.78, 5) is 8.71. The molecule has 0 saturated carbocycles. The Balaban J connectivity index is 3.02. The number of aliphatic imine (C=N–C) groups is 1. The first kappa shape index (κ1) is 16.0. The minimum atomic E-state index is -0.309. The molecule has 5 heteroatoms. The van der Waals surface area contributed by atoms with E-state index in [2.05, 4.69) is 55.2 Å². The summed E-state index contributed by atoms with van der Waals surface area (Å²) in [7, 11) is 0. The van der Waals surface area contributed by atoms with Crippen LogP contribution in [-0.4, -0.2) is 16.5 Å². The second-order valence-electron chi connectivity index (χ2n) is 5.86. The Morgan fingerprint density at radius 3 is 2.60 bits per heavy atom. The molecule has 0 radical (unpaired) electrons. The van der Waals surface area contributed by atoms with E-state index in [-0.39, 0.29) is 11.0 Å². The molecular weight excluding hydrogens is 250 g/mol. The van der Waals surface area contributed by atoms with E-state index in [1.165, 1.54) is 0 Å². The van der Waals surface area contributed by atoms with Gasteiger partial charge in [-0.1, -0.05) is 20.8 Å². The van der Waals surface area contributed by atoms with Crippen molar-refractivity contribution in [2.45, 2.75) is 46.6 Å². The van der Waals surface area contributed by atoms with Crippen LogP contribution in [0.3, 0.4) is 0 Å². The third-order valence-corrected chi connectivity index (χ3v) is 4.03. The van der Waals surface area contributed by atoms with Crippen molar-refractivity contribution in [2.24, 2.45) is 10.4 Å². The third kappa shape index (κ3) is 3.95. The van der Waals surface area contributed by atoms with Gasteiger partial charge in [0, 0.05) is 6.20 Å². The number of guanidine groups is 1. The van der Waals surface area contributed by atoms with Crippen molar-refractivity contribution in [2.75, 3.05) is 5.32 Å². The van der Waals surface area contributed by atoms with Crippen molar-refractivity contribution in [1.29, 1.82) is 5.26 Å². The second kappa shape index (κ2) is 6.38. The molecule has 0 aromatic carbocycles. The average molecular weight is 273 g/mol. The van der Waals surface area contributed by atoms with E-state index in [0.29, 0.717) is 5.96 Å². The van der Waals surface area contributed by atoms with E-state index < -0.39 is 0 Å². The number of aromatic nitrogens is 1.